The molecule has 350 valence electrons. The van der Waals surface area contributed by atoms with E-state index in [4.69, 9.17) is 18.9 Å². The molecule has 0 atom stereocenters. The van der Waals surface area contributed by atoms with E-state index in [0.717, 1.165) is 66.8 Å². The van der Waals surface area contributed by atoms with E-state index in [1.54, 1.807) is 24.5 Å². The number of aromatic nitrogens is 2. The van der Waals surface area contributed by atoms with Gasteiger partial charge in [0.05, 0.1) is 11.1 Å². The number of hydrogen-bond acceptors (Lipinski definition) is 12. The molecule has 2 heterocycles. The molecule has 0 aliphatic heterocycles. The van der Waals surface area contributed by atoms with Gasteiger partial charge in [-0.1, -0.05) is 36.4 Å². The van der Waals surface area contributed by atoms with Crippen LogP contribution in [0.3, 0.4) is 0 Å². The lowest BCUT2D eigenvalue weighted by atomic mass is 9.92. The third kappa shape index (κ3) is 14.1. The molecule has 4 N–H and O–H groups in total. The van der Waals surface area contributed by atoms with Crippen molar-refractivity contribution in [2.24, 2.45) is 0 Å². The molecular formula is C54H58N8O6. The summed E-state index contributed by atoms with van der Waals surface area (Å²) in [6.07, 6.45) is 6.41. The zero-order chi connectivity index (χ0) is 48.4. The normalized spacial score (nSPS) is 10.7. The number of carbonyl (C=O) groups excluding carboxylic acids is 2. The summed E-state index contributed by atoms with van der Waals surface area (Å²) in [5.41, 5.74) is 12.7. The fraction of sp³-hybridized carbons (Fsp3) is 0.296. The van der Waals surface area contributed by atoms with Crippen molar-refractivity contribution in [3.63, 3.8) is 0 Å². The van der Waals surface area contributed by atoms with E-state index < -0.39 is 0 Å². The zero-order valence-corrected chi connectivity index (χ0v) is 39.5. The molecule has 14 heteroatoms. The average molecular weight is 915 g/mol. The first kappa shape index (κ1) is 49.6. The van der Waals surface area contributed by atoms with E-state index in [1.807, 2.05) is 38.1 Å². The fourth-order valence-electron chi connectivity index (χ4n) is 7.57. The van der Waals surface area contributed by atoms with Gasteiger partial charge in [-0.15, -0.1) is 0 Å². The highest BCUT2D eigenvalue weighted by atomic mass is 16.5. The average Bonchev–Trinajstić information content (AvgIpc) is 3.33. The van der Waals surface area contributed by atoms with Crippen LogP contribution in [0.1, 0.15) is 80.6 Å². The van der Waals surface area contributed by atoms with Crippen LogP contribution in [0.25, 0.3) is 11.1 Å². The first-order valence-corrected chi connectivity index (χ1v) is 22.5. The van der Waals surface area contributed by atoms with Crippen molar-refractivity contribution < 1.29 is 28.5 Å². The number of nitriles is 2. The van der Waals surface area contributed by atoms with E-state index in [-0.39, 0.29) is 25.0 Å². The molecule has 0 aliphatic rings. The molecule has 6 rings (SSSR count). The lowest BCUT2D eigenvalue weighted by Gasteiger charge is -2.19. The number of nitrogens with one attached hydrogen (secondary N) is 4. The van der Waals surface area contributed by atoms with Gasteiger partial charge in [-0.2, -0.15) is 10.5 Å². The molecule has 0 radical (unpaired) electrons. The first-order valence-electron chi connectivity index (χ1n) is 22.5. The molecule has 14 nitrogen and oxygen atoms in total. The number of benzene rings is 4. The Morgan fingerprint density at radius 3 is 1.32 bits per heavy atom. The maximum absolute atomic E-state index is 11.4. The fourth-order valence-corrected chi connectivity index (χ4v) is 7.57. The Morgan fingerprint density at radius 1 is 0.515 bits per heavy atom. The van der Waals surface area contributed by atoms with Crippen molar-refractivity contribution >= 4 is 11.8 Å². The molecule has 6 aromatic rings. The van der Waals surface area contributed by atoms with Crippen LogP contribution in [0.4, 0.5) is 0 Å². The van der Waals surface area contributed by atoms with Gasteiger partial charge in [0.1, 0.15) is 61.6 Å². The van der Waals surface area contributed by atoms with Crippen molar-refractivity contribution in [2.45, 2.75) is 81.1 Å². The Bertz CT molecular complexity index is 2620. The van der Waals surface area contributed by atoms with Crippen molar-refractivity contribution in [3.05, 3.63) is 164 Å². The quantitative estimate of drug-likeness (QED) is 0.0455. The monoisotopic (exact) mass is 914 g/mol. The molecule has 68 heavy (non-hydrogen) atoms. The Hall–Kier alpha value is -7.78. The summed E-state index contributed by atoms with van der Waals surface area (Å²) in [5, 5.41) is 31.1. The van der Waals surface area contributed by atoms with Gasteiger partial charge in [0.2, 0.25) is 11.8 Å². The van der Waals surface area contributed by atoms with Crippen molar-refractivity contribution in [1.29, 1.82) is 10.5 Å². The van der Waals surface area contributed by atoms with Crippen LogP contribution < -0.4 is 40.2 Å². The van der Waals surface area contributed by atoms with Crippen LogP contribution in [0.5, 0.6) is 23.0 Å². The predicted molar refractivity (Wildman–Crippen MR) is 260 cm³/mol. The maximum atomic E-state index is 11.4. The van der Waals surface area contributed by atoms with Gasteiger partial charge in [-0.25, -0.2) is 0 Å². The Kier molecular flexibility index (Phi) is 18.0. The van der Waals surface area contributed by atoms with Gasteiger partial charge in [-0.3, -0.25) is 19.6 Å². The van der Waals surface area contributed by atoms with Gasteiger partial charge < -0.3 is 40.2 Å². The van der Waals surface area contributed by atoms with Gasteiger partial charge in [0.25, 0.3) is 0 Å². The molecule has 0 bridgehead atoms. The largest absolute Gasteiger partial charge is 0.488 e. The summed E-state index contributed by atoms with van der Waals surface area (Å²) in [6.45, 7) is 15.5. The first-order chi connectivity index (χ1) is 32.9. The smallest absolute Gasteiger partial charge is 0.216 e. The lowest BCUT2D eigenvalue weighted by Crippen LogP contribution is -2.30. The molecule has 4 aromatic carbocycles. The van der Waals surface area contributed by atoms with Gasteiger partial charge in [0, 0.05) is 112 Å². The highest BCUT2D eigenvalue weighted by Gasteiger charge is 2.17. The predicted octanol–water partition coefficient (Wildman–Crippen LogP) is 7.89. The third-order valence-corrected chi connectivity index (χ3v) is 11.3. The number of carbonyl (C=O) groups is 2. The summed E-state index contributed by atoms with van der Waals surface area (Å²) in [4.78, 5) is 31.1. The number of nitrogens with zero attached hydrogens (tertiary/aromatic N) is 4. The second kappa shape index (κ2) is 24.7. The summed E-state index contributed by atoms with van der Waals surface area (Å²) >= 11 is 0. The van der Waals surface area contributed by atoms with Gasteiger partial charge in [0.15, 0.2) is 0 Å². The highest BCUT2D eigenvalue weighted by Crippen LogP contribution is 2.35. The molecule has 2 aromatic heterocycles. The number of aryl methyl sites for hydroxylation is 2. The van der Waals surface area contributed by atoms with Gasteiger partial charge in [-0.05, 0) is 96.5 Å². The van der Waals surface area contributed by atoms with Gasteiger partial charge >= 0.3 is 0 Å². The Labute approximate surface area is 398 Å². The molecule has 0 fully saturated rings. The third-order valence-electron chi connectivity index (χ3n) is 11.3. The summed E-state index contributed by atoms with van der Waals surface area (Å²) in [6, 6.07) is 28.2. The minimum Gasteiger partial charge on any atom is -0.488 e. The number of amides is 2. The van der Waals surface area contributed by atoms with Crippen LogP contribution in [0, 0.1) is 50.4 Å². The summed E-state index contributed by atoms with van der Waals surface area (Å²) < 4.78 is 25.8. The molecule has 0 spiro atoms. The van der Waals surface area contributed by atoms with Crippen LogP contribution in [0.2, 0.25) is 0 Å². The second-order valence-electron chi connectivity index (χ2n) is 16.5. The van der Waals surface area contributed by atoms with Crippen LogP contribution in [-0.2, 0) is 49.1 Å². The van der Waals surface area contributed by atoms with E-state index in [1.165, 1.54) is 26.2 Å². The van der Waals surface area contributed by atoms with E-state index in [2.05, 4.69) is 93.6 Å². The van der Waals surface area contributed by atoms with E-state index in [0.29, 0.717) is 86.6 Å². The molecule has 0 saturated heterocycles. The topological polar surface area (TPSA) is 193 Å². The summed E-state index contributed by atoms with van der Waals surface area (Å²) in [7, 11) is 0. The number of rotatable bonds is 23. The number of hydrogen-bond donors (Lipinski definition) is 4. The SMILES string of the molecule is CC(=O)NCCNCc1cc(C)c(OCc2cccc(-c3cccc(COc4cc(OCc5cncc(C#N)c5)c(CNCCNC(C)=O)cc4C)c3C)c2C)cc1OCc1cncc(C#N)c1. The lowest BCUT2D eigenvalue weighted by molar-refractivity contribution is -0.119. The maximum Gasteiger partial charge on any atom is 0.216 e. The Morgan fingerprint density at radius 2 is 0.926 bits per heavy atom. The minimum absolute atomic E-state index is 0.0788. The molecule has 0 aliphatic carbocycles. The number of ether oxygens (including phenoxy) is 4. The van der Waals surface area contributed by atoms with Crippen LogP contribution >= 0.6 is 0 Å². The van der Waals surface area contributed by atoms with E-state index >= 15 is 0 Å². The van der Waals surface area contributed by atoms with Crippen molar-refractivity contribution in [2.75, 3.05) is 26.2 Å². The van der Waals surface area contributed by atoms with Crippen molar-refractivity contribution in [1.82, 2.24) is 31.2 Å². The number of pyridine rings is 2. The van der Waals surface area contributed by atoms with E-state index in [9.17, 15) is 20.1 Å². The van der Waals surface area contributed by atoms with Crippen molar-refractivity contribution in [3.8, 4) is 46.3 Å². The molecule has 0 saturated carbocycles. The van der Waals surface area contributed by atoms with Crippen LogP contribution in [0.15, 0.2) is 97.6 Å². The zero-order valence-electron chi connectivity index (χ0n) is 39.5. The second-order valence-corrected chi connectivity index (χ2v) is 16.5. The summed E-state index contributed by atoms with van der Waals surface area (Å²) in [5.74, 6) is 2.50. The standard InChI is InChI=1S/C54H58N8O6/c1-35-17-47(29-57-13-15-61-39(5)63)53(65-31-43-19-41(23-55)25-59-27-43)21-51(35)67-33-45-9-7-11-49(37(45)3)50-12-8-10-46(38(50)4)34-68-52-22-54(66-32-44-20-42(24-56)26-60-28-44)48(18-36(52)2)30-58-14-16-62-40(6)64/h7-12,17-22,25-28,57-58H,13-16,29-34H2,1-6H3,(H,61,63)(H,62,64). The Balaban J connectivity index is 1.17. The highest BCUT2D eigenvalue weighted by molar-refractivity contribution is 5.73. The molecular weight excluding hydrogens is 857 g/mol. The van der Waals surface area contributed by atoms with Crippen LogP contribution in [-0.4, -0.2) is 48.0 Å². The molecule has 2 amide bonds. The molecule has 0 unspecified atom stereocenters. The minimum atomic E-state index is -0.0788.